The van der Waals surface area contributed by atoms with Gasteiger partial charge in [0.05, 0.1) is 0 Å². The molecule has 0 spiro atoms. The molecule has 0 aliphatic carbocycles. The Kier molecular flexibility index (Phi) is 7.51. The maximum Gasteiger partial charge on any atom is 0.343 e. The maximum absolute atomic E-state index is 11.3. The van der Waals surface area contributed by atoms with E-state index in [1.807, 2.05) is 0 Å². The van der Waals surface area contributed by atoms with Gasteiger partial charge in [0, 0.05) is 0 Å². The Hall–Kier alpha value is -1.16. The molecule has 0 radical (unpaired) electrons. The summed E-state index contributed by atoms with van der Waals surface area (Å²) in [6, 6.07) is 0. The van der Waals surface area contributed by atoms with Gasteiger partial charge in [-0.3, -0.25) is 4.79 Å². The van der Waals surface area contributed by atoms with E-state index in [1.165, 1.54) is 0 Å². The molecular formula is C14H24O4. The van der Waals surface area contributed by atoms with Crippen LogP contribution in [0.25, 0.3) is 0 Å². The number of unbranched alkanes of at least 4 members (excludes halogenated alkanes) is 2. The molecule has 0 bridgehead atoms. The third kappa shape index (κ3) is 5.00. The van der Waals surface area contributed by atoms with Crippen molar-refractivity contribution in [1.82, 2.24) is 0 Å². The van der Waals surface area contributed by atoms with Crippen molar-refractivity contribution in [3.8, 4) is 0 Å². The number of ketones is 1. The first-order chi connectivity index (χ1) is 8.38. The highest BCUT2D eigenvalue weighted by atomic mass is 16.4. The number of hydrogen-bond donors (Lipinski definition) is 2. The van der Waals surface area contributed by atoms with Crippen LogP contribution in [0.15, 0.2) is 12.7 Å². The van der Waals surface area contributed by atoms with Crippen LogP contribution in [0.2, 0.25) is 0 Å². The smallest absolute Gasteiger partial charge is 0.343 e. The van der Waals surface area contributed by atoms with Crippen LogP contribution in [-0.2, 0) is 9.59 Å². The van der Waals surface area contributed by atoms with E-state index in [0.29, 0.717) is 6.42 Å². The summed E-state index contributed by atoms with van der Waals surface area (Å²) in [4.78, 5) is 22.4. The molecule has 2 N–H and O–H groups in total. The van der Waals surface area contributed by atoms with Crippen molar-refractivity contribution in [2.24, 2.45) is 5.92 Å². The first kappa shape index (κ1) is 16.8. The second-order valence-electron chi connectivity index (χ2n) is 4.81. The highest BCUT2D eigenvalue weighted by Gasteiger charge is 2.42. The topological polar surface area (TPSA) is 74.6 Å². The van der Waals surface area contributed by atoms with Crippen LogP contribution < -0.4 is 0 Å². The number of aliphatic hydroxyl groups is 1. The number of carboxylic acid groups (broad SMARTS) is 1. The van der Waals surface area contributed by atoms with Crippen LogP contribution in [0.3, 0.4) is 0 Å². The summed E-state index contributed by atoms with van der Waals surface area (Å²) in [5.74, 6) is -2.18. The summed E-state index contributed by atoms with van der Waals surface area (Å²) < 4.78 is 0. The van der Waals surface area contributed by atoms with Gasteiger partial charge in [0.25, 0.3) is 0 Å². The summed E-state index contributed by atoms with van der Waals surface area (Å²) in [5, 5.41) is 18.9. The molecule has 0 aromatic carbocycles. The molecule has 0 aliphatic heterocycles. The molecule has 0 fully saturated rings. The molecule has 0 aliphatic rings. The molecule has 18 heavy (non-hydrogen) atoms. The molecule has 0 rings (SSSR count). The Bertz CT molecular complexity index is 282. The number of aliphatic carboxylic acids is 1. The predicted molar refractivity (Wildman–Crippen MR) is 70.3 cm³/mol. The van der Waals surface area contributed by atoms with Gasteiger partial charge < -0.3 is 10.2 Å². The van der Waals surface area contributed by atoms with Gasteiger partial charge in [0.15, 0.2) is 5.78 Å². The van der Waals surface area contributed by atoms with Gasteiger partial charge in [0.2, 0.25) is 5.60 Å². The summed E-state index contributed by atoms with van der Waals surface area (Å²) in [6.45, 7) is 6.84. The van der Waals surface area contributed by atoms with Crippen molar-refractivity contribution < 1.29 is 19.8 Å². The minimum absolute atomic E-state index is 0.0148. The van der Waals surface area contributed by atoms with Crippen molar-refractivity contribution in [3.05, 3.63) is 12.7 Å². The molecule has 1 unspecified atom stereocenters. The average Bonchev–Trinajstić information content (AvgIpc) is 2.28. The van der Waals surface area contributed by atoms with Gasteiger partial charge in [-0.15, -0.1) is 6.58 Å². The number of hydrogen-bond acceptors (Lipinski definition) is 3. The molecule has 4 heteroatoms. The van der Waals surface area contributed by atoms with Crippen LogP contribution >= 0.6 is 0 Å². The maximum atomic E-state index is 11.3. The highest BCUT2D eigenvalue weighted by molar-refractivity contribution is 6.05. The Morgan fingerprint density at radius 3 is 2.39 bits per heavy atom. The number of Topliss-reactive ketones (excluding diaryl/α,β-unsaturated/α-hetero) is 1. The van der Waals surface area contributed by atoms with Crippen molar-refractivity contribution in [2.45, 2.75) is 58.0 Å². The van der Waals surface area contributed by atoms with E-state index in [4.69, 9.17) is 5.11 Å². The van der Waals surface area contributed by atoms with E-state index in [0.717, 1.165) is 32.6 Å². The Morgan fingerprint density at radius 1 is 1.39 bits per heavy atom. The quantitative estimate of drug-likeness (QED) is 0.358. The van der Waals surface area contributed by atoms with Gasteiger partial charge in [-0.25, -0.2) is 4.79 Å². The van der Waals surface area contributed by atoms with E-state index in [-0.39, 0.29) is 12.3 Å². The van der Waals surface area contributed by atoms with Crippen LogP contribution in [0.5, 0.6) is 0 Å². The monoisotopic (exact) mass is 256 g/mol. The van der Waals surface area contributed by atoms with E-state index in [2.05, 4.69) is 13.5 Å². The molecule has 4 nitrogen and oxygen atoms in total. The van der Waals surface area contributed by atoms with Crippen LogP contribution in [0.4, 0.5) is 0 Å². The fraction of sp³-hybridized carbons (Fsp3) is 0.714. The molecule has 0 aromatic rings. The first-order valence-electron chi connectivity index (χ1n) is 6.46. The third-order valence-electron chi connectivity index (χ3n) is 3.24. The van der Waals surface area contributed by atoms with Gasteiger partial charge in [-0.2, -0.15) is 0 Å². The second-order valence-corrected chi connectivity index (χ2v) is 4.81. The second kappa shape index (κ2) is 8.03. The number of carboxylic acids is 1. The zero-order chi connectivity index (χ0) is 14.2. The van der Waals surface area contributed by atoms with Crippen molar-refractivity contribution in [1.29, 1.82) is 0 Å². The highest BCUT2D eigenvalue weighted by Crippen LogP contribution is 2.26. The first-order valence-corrected chi connectivity index (χ1v) is 6.46. The lowest BCUT2D eigenvalue weighted by molar-refractivity contribution is -0.166. The number of rotatable bonds is 10. The van der Waals surface area contributed by atoms with E-state index in [9.17, 15) is 14.7 Å². The fourth-order valence-electron chi connectivity index (χ4n) is 2.02. The van der Waals surface area contributed by atoms with E-state index >= 15 is 0 Å². The average molecular weight is 256 g/mol. The Morgan fingerprint density at radius 2 is 2.00 bits per heavy atom. The van der Waals surface area contributed by atoms with Gasteiger partial charge >= 0.3 is 5.97 Å². The fourth-order valence-corrected chi connectivity index (χ4v) is 2.02. The summed E-state index contributed by atoms with van der Waals surface area (Å²) in [7, 11) is 0. The minimum atomic E-state index is -2.25. The molecule has 0 aromatic heterocycles. The Labute approximate surface area is 109 Å². The molecule has 2 atom stereocenters. The van der Waals surface area contributed by atoms with Gasteiger partial charge in [-0.05, 0) is 25.7 Å². The third-order valence-corrected chi connectivity index (χ3v) is 3.24. The van der Waals surface area contributed by atoms with Crippen LogP contribution in [0, 0.1) is 5.92 Å². The lowest BCUT2D eigenvalue weighted by Gasteiger charge is -2.25. The Balaban J connectivity index is 4.66. The minimum Gasteiger partial charge on any atom is -0.479 e. The summed E-state index contributed by atoms with van der Waals surface area (Å²) >= 11 is 0. The summed E-state index contributed by atoms with van der Waals surface area (Å²) in [6.07, 6.45) is 6.22. The summed E-state index contributed by atoms with van der Waals surface area (Å²) in [5.41, 5.74) is -2.25. The zero-order valence-electron chi connectivity index (χ0n) is 11.3. The van der Waals surface area contributed by atoms with Crippen molar-refractivity contribution in [2.75, 3.05) is 0 Å². The van der Waals surface area contributed by atoms with E-state index in [1.54, 1.807) is 6.08 Å². The number of allylic oxidation sites excluding steroid dienone is 1. The molecule has 0 saturated carbocycles. The standard InChI is InChI=1S/C14H24O4/c1-4-6-7-9-12(8-5-2)10-14(18,11(3)15)13(16)17/h5,12,18H,2,4,6-10H2,1,3H3,(H,16,17)/t12?,14-/m1/s1. The van der Waals surface area contributed by atoms with Crippen LogP contribution in [-0.4, -0.2) is 27.6 Å². The van der Waals surface area contributed by atoms with Crippen LogP contribution in [0.1, 0.15) is 52.4 Å². The SMILES string of the molecule is C=CCC(CCCCC)C[C@@](O)(C(C)=O)C(=O)O. The molecule has 0 saturated heterocycles. The molecular weight excluding hydrogens is 232 g/mol. The van der Waals surface area contributed by atoms with Gasteiger partial charge in [-0.1, -0.05) is 38.7 Å². The molecule has 0 heterocycles. The molecule has 0 amide bonds. The number of carbonyl (C=O) groups excluding carboxylic acids is 1. The lowest BCUT2D eigenvalue weighted by Crippen LogP contribution is -2.46. The zero-order valence-corrected chi connectivity index (χ0v) is 11.3. The molecule has 104 valence electrons. The predicted octanol–water partition coefficient (Wildman–Crippen LogP) is 2.55. The van der Waals surface area contributed by atoms with Crippen molar-refractivity contribution >= 4 is 11.8 Å². The lowest BCUT2D eigenvalue weighted by atomic mass is 9.83. The van der Waals surface area contributed by atoms with E-state index < -0.39 is 17.4 Å². The number of carbonyl (C=O) groups is 2. The normalized spacial score (nSPS) is 15.7. The van der Waals surface area contributed by atoms with Gasteiger partial charge in [0.1, 0.15) is 0 Å². The van der Waals surface area contributed by atoms with Crippen molar-refractivity contribution in [3.63, 3.8) is 0 Å². The largest absolute Gasteiger partial charge is 0.479 e.